The molecule has 0 bridgehead atoms. The van der Waals surface area contributed by atoms with Crippen LogP contribution in [0, 0.1) is 0 Å². The molecule has 0 spiro atoms. The number of ether oxygens (including phenoxy) is 1. The van der Waals surface area contributed by atoms with Gasteiger partial charge in [-0.1, -0.05) is 0 Å². The van der Waals surface area contributed by atoms with Gasteiger partial charge in [-0.3, -0.25) is 0 Å². The van der Waals surface area contributed by atoms with E-state index in [1.807, 2.05) is 0 Å². The molecule has 11 heavy (non-hydrogen) atoms. The van der Waals surface area contributed by atoms with Crippen LogP contribution in [0.5, 0.6) is 0 Å². The average molecular weight is 157 g/mol. The Bertz CT molecular complexity index is 111. The first-order valence-electron chi connectivity index (χ1n) is 4.45. The molecular formula is C9H19NO. The molecule has 0 radical (unpaired) electrons. The van der Waals surface area contributed by atoms with E-state index in [0.717, 1.165) is 13.2 Å². The summed E-state index contributed by atoms with van der Waals surface area (Å²) < 4.78 is 5.65. The summed E-state index contributed by atoms with van der Waals surface area (Å²) in [6, 6.07) is 0.606. The molecule has 0 aromatic heterocycles. The number of hydrogen-bond donors (Lipinski definition) is 1. The van der Waals surface area contributed by atoms with Crippen molar-refractivity contribution in [2.75, 3.05) is 13.2 Å². The second kappa shape index (κ2) is 3.55. The van der Waals surface area contributed by atoms with E-state index in [9.17, 15) is 0 Å². The molecule has 1 unspecified atom stereocenters. The SMILES string of the molecule is CC(C)(C)OCC1CCCN1. The van der Waals surface area contributed by atoms with Crippen molar-refractivity contribution in [2.45, 2.75) is 45.3 Å². The summed E-state index contributed by atoms with van der Waals surface area (Å²) in [5.41, 5.74) is 0.0181. The third kappa shape index (κ3) is 3.73. The lowest BCUT2D eigenvalue weighted by Gasteiger charge is -2.22. The van der Waals surface area contributed by atoms with Crippen molar-refractivity contribution in [3.05, 3.63) is 0 Å². The molecule has 1 saturated heterocycles. The van der Waals surface area contributed by atoms with E-state index in [0.29, 0.717) is 6.04 Å². The highest BCUT2D eigenvalue weighted by atomic mass is 16.5. The molecule has 0 amide bonds. The second-order valence-electron chi connectivity index (χ2n) is 4.22. The van der Waals surface area contributed by atoms with E-state index < -0.39 is 0 Å². The van der Waals surface area contributed by atoms with Gasteiger partial charge in [0.05, 0.1) is 12.2 Å². The summed E-state index contributed by atoms with van der Waals surface area (Å²) in [5, 5.41) is 3.40. The molecule has 1 N–H and O–H groups in total. The molecule has 1 aliphatic heterocycles. The predicted octanol–water partition coefficient (Wildman–Crippen LogP) is 1.55. The molecule has 0 saturated carbocycles. The molecule has 2 nitrogen and oxygen atoms in total. The van der Waals surface area contributed by atoms with Crippen LogP contribution in [0.2, 0.25) is 0 Å². The lowest BCUT2D eigenvalue weighted by molar-refractivity contribution is -0.0121. The first kappa shape index (κ1) is 9.01. The van der Waals surface area contributed by atoms with Crippen LogP contribution in [0.3, 0.4) is 0 Å². The summed E-state index contributed by atoms with van der Waals surface area (Å²) in [5.74, 6) is 0. The molecule has 0 aliphatic carbocycles. The van der Waals surface area contributed by atoms with Crippen molar-refractivity contribution in [3.63, 3.8) is 0 Å². The Labute approximate surface area is 69.3 Å². The van der Waals surface area contributed by atoms with Gasteiger partial charge in [-0.25, -0.2) is 0 Å². The van der Waals surface area contributed by atoms with Gasteiger partial charge < -0.3 is 10.1 Å². The molecule has 0 aromatic rings. The fourth-order valence-electron chi connectivity index (χ4n) is 1.25. The Kier molecular flexibility index (Phi) is 2.90. The summed E-state index contributed by atoms with van der Waals surface area (Å²) in [6.45, 7) is 8.33. The van der Waals surface area contributed by atoms with Gasteiger partial charge in [-0.15, -0.1) is 0 Å². The highest BCUT2D eigenvalue weighted by Gasteiger charge is 2.17. The summed E-state index contributed by atoms with van der Waals surface area (Å²) in [6.07, 6.45) is 2.58. The maximum absolute atomic E-state index is 5.65. The van der Waals surface area contributed by atoms with Crippen LogP contribution in [-0.2, 0) is 4.74 Å². The molecular weight excluding hydrogens is 138 g/mol. The normalized spacial score (nSPS) is 25.9. The first-order chi connectivity index (χ1) is 5.08. The summed E-state index contributed by atoms with van der Waals surface area (Å²) in [7, 11) is 0. The Morgan fingerprint density at radius 2 is 2.18 bits per heavy atom. The number of rotatable bonds is 2. The zero-order valence-corrected chi connectivity index (χ0v) is 7.81. The molecule has 1 heterocycles. The standard InChI is InChI=1S/C9H19NO/c1-9(2,3)11-7-8-5-4-6-10-8/h8,10H,4-7H2,1-3H3. The van der Waals surface area contributed by atoms with Gasteiger partial charge in [0.1, 0.15) is 0 Å². The Hall–Kier alpha value is -0.0800. The molecule has 1 fully saturated rings. The summed E-state index contributed by atoms with van der Waals surface area (Å²) in [4.78, 5) is 0. The van der Waals surface area contributed by atoms with Crippen LogP contribution in [0.4, 0.5) is 0 Å². The highest BCUT2D eigenvalue weighted by molar-refractivity contribution is 4.74. The van der Waals surface area contributed by atoms with Crippen LogP contribution >= 0.6 is 0 Å². The minimum Gasteiger partial charge on any atom is -0.374 e. The molecule has 1 atom stereocenters. The Morgan fingerprint density at radius 3 is 2.64 bits per heavy atom. The number of nitrogens with one attached hydrogen (secondary N) is 1. The van der Waals surface area contributed by atoms with Crippen LogP contribution < -0.4 is 5.32 Å². The topological polar surface area (TPSA) is 21.3 Å². The predicted molar refractivity (Wildman–Crippen MR) is 46.7 cm³/mol. The van der Waals surface area contributed by atoms with Crippen molar-refractivity contribution in [1.82, 2.24) is 5.32 Å². The van der Waals surface area contributed by atoms with Crippen LogP contribution in [0.15, 0.2) is 0 Å². The van der Waals surface area contributed by atoms with E-state index >= 15 is 0 Å². The maximum Gasteiger partial charge on any atom is 0.0626 e. The van der Waals surface area contributed by atoms with Crippen molar-refractivity contribution in [1.29, 1.82) is 0 Å². The van der Waals surface area contributed by atoms with E-state index in [2.05, 4.69) is 26.1 Å². The minimum absolute atomic E-state index is 0.0181. The van der Waals surface area contributed by atoms with Crippen LogP contribution in [-0.4, -0.2) is 24.8 Å². The molecule has 1 rings (SSSR count). The monoisotopic (exact) mass is 157 g/mol. The van der Waals surface area contributed by atoms with Gasteiger partial charge in [0, 0.05) is 6.04 Å². The zero-order valence-electron chi connectivity index (χ0n) is 7.81. The average Bonchev–Trinajstić information content (AvgIpc) is 2.32. The van der Waals surface area contributed by atoms with Gasteiger partial charge in [0.2, 0.25) is 0 Å². The van der Waals surface area contributed by atoms with E-state index in [1.54, 1.807) is 0 Å². The van der Waals surface area contributed by atoms with Crippen LogP contribution in [0.25, 0.3) is 0 Å². The van der Waals surface area contributed by atoms with E-state index in [-0.39, 0.29) is 5.60 Å². The second-order valence-corrected chi connectivity index (χ2v) is 4.22. The summed E-state index contributed by atoms with van der Waals surface area (Å²) >= 11 is 0. The Morgan fingerprint density at radius 1 is 1.45 bits per heavy atom. The van der Waals surface area contributed by atoms with Gasteiger partial charge >= 0.3 is 0 Å². The van der Waals surface area contributed by atoms with Crippen molar-refractivity contribution >= 4 is 0 Å². The van der Waals surface area contributed by atoms with Crippen molar-refractivity contribution < 1.29 is 4.74 Å². The molecule has 0 aromatic carbocycles. The molecule has 1 aliphatic rings. The van der Waals surface area contributed by atoms with Gasteiger partial charge in [-0.05, 0) is 40.2 Å². The number of hydrogen-bond acceptors (Lipinski definition) is 2. The third-order valence-electron chi connectivity index (χ3n) is 1.88. The van der Waals surface area contributed by atoms with Gasteiger partial charge in [-0.2, -0.15) is 0 Å². The highest BCUT2D eigenvalue weighted by Crippen LogP contribution is 2.11. The van der Waals surface area contributed by atoms with E-state index in [4.69, 9.17) is 4.74 Å². The van der Waals surface area contributed by atoms with Crippen molar-refractivity contribution in [3.8, 4) is 0 Å². The lowest BCUT2D eigenvalue weighted by atomic mass is 10.2. The van der Waals surface area contributed by atoms with Crippen LogP contribution in [0.1, 0.15) is 33.6 Å². The lowest BCUT2D eigenvalue weighted by Crippen LogP contribution is -2.31. The smallest absolute Gasteiger partial charge is 0.0626 e. The fourth-order valence-corrected chi connectivity index (χ4v) is 1.25. The maximum atomic E-state index is 5.65. The van der Waals surface area contributed by atoms with Gasteiger partial charge in [0.15, 0.2) is 0 Å². The largest absolute Gasteiger partial charge is 0.374 e. The van der Waals surface area contributed by atoms with Gasteiger partial charge in [0.25, 0.3) is 0 Å². The first-order valence-corrected chi connectivity index (χ1v) is 4.45. The Balaban J connectivity index is 2.11. The van der Waals surface area contributed by atoms with E-state index in [1.165, 1.54) is 12.8 Å². The minimum atomic E-state index is 0.0181. The molecule has 66 valence electrons. The van der Waals surface area contributed by atoms with Crippen molar-refractivity contribution in [2.24, 2.45) is 0 Å². The quantitative estimate of drug-likeness (QED) is 0.656. The third-order valence-corrected chi connectivity index (χ3v) is 1.88. The fraction of sp³-hybridized carbons (Fsp3) is 1.00. The zero-order chi connectivity index (χ0) is 8.32. The molecule has 2 heteroatoms.